The summed E-state index contributed by atoms with van der Waals surface area (Å²) in [5.74, 6) is 0.0963. The van der Waals surface area contributed by atoms with Gasteiger partial charge in [0.15, 0.2) is 0 Å². The third kappa shape index (κ3) is 3.79. The maximum atomic E-state index is 13.2. The van der Waals surface area contributed by atoms with Crippen molar-refractivity contribution >= 4 is 22.6 Å². The molecule has 2 aromatic heterocycles. The zero-order valence-corrected chi connectivity index (χ0v) is 22.0. The molecule has 0 aromatic carbocycles. The number of hydrogen-bond donors (Lipinski definition) is 1. The van der Waals surface area contributed by atoms with Gasteiger partial charge in [0, 0.05) is 43.8 Å². The van der Waals surface area contributed by atoms with Crippen LogP contribution in [0.4, 0.5) is 13.2 Å². The number of aromatic nitrogens is 2. The molecule has 0 radical (unpaired) electrons. The van der Waals surface area contributed by atoms with Crippen molar-refractivity contribution in [2.45, 2.75) is 93.6 Å². The topological polar surface area (TPSA) is 55.2 Å². The Morgan fingerprint density at radius 3 is 2.50 bits per heavy atom. The van der Waals surface area contributed by atoms with Gasteiger partial charge in [-0.05, 0) is 49.5 Å². The van der Waals surface area contributed by atoms with Gasteiger partial charge in [-0.1, -0.05) is 56.4 Å². The van der Waals surface area contributed by atoms with Gasteiger partial charge in [-0.2, -0.15) is 13.2 Å². The first-order valence-corrected chi connectivity index (χ1v) is 13.2. The van der Waals surface area contributed by atoms with Crippen LogP contribution in [0.5, 0.6) is 0 Å². The number of ether oxygens (including phenoxy) is 1. The van der Waals surface area contributed by atoms with Gasteiger partial charge in [0.25, 0.3) is 0 Å². The monoisotopic (exact) mass is 586 g/mol. The lowest BCUT2D eigenvalue weighted by Gasteiger charge is -2.39. The number of halogens is 4. The fraction of sp³-hybridized carbons (Fsp3) is 0.615. The molecule has 1 fully saturated rings. The number of aliphatic hydroxyl groups excluding tert-OH is 1. The summed E-state index contributed by atoms with van der Waals surface area (Å²) in [6.45, 7) is 8.48. The molecule has 0 amide bonds. The normalized spacial score (nSPS) is 30.1. The van der Waals surface area contributed by atoms with Crippen LogP contribution in [0.15, 0.2) is 18.3 Å². The van der Waals surface area contributed by atoms with E-state index >= 15 is 0 Å². The van der Waals surface area contributed by atoms with Crippen molar-refractivity contribution < 1.29 is 23.0 Å². The van der Waals surface area contributed by atoms with E-state index in [1.807, 2.05) is 0 Å². The third-order valence-corrected chi connectivity index (χ3v) is 9.19. The van der Waals surface area contributed by atoms with Gasteiger partial charge in [-0.25, -0.2) is 0 Å². The molecule has 2 aromatic rings. The molecule has 0 saturated heterocycles. The Kier molecular flexibility index (Phi) is 5.84. The second-order valence-electron chi connectivity index (χ2n) is 11.1. The highest BCUT2D eigenvalue weighted by Crippen LogP contribution is 2.61. The van der Waals surface area contributed by atoms with Crippen LogP contribution < -0.4 is 0 Å². The largest absolute Gasteiger partial charge is 0.433 e. The number of hydrogen-bond acceptors (Lipinski definition) is 4. The molecule has 2 aliphatic carbocycles. The minimum Gasteiger partial charge on any atom is -0.388 e. The average molecular weight is 586 g/mol. The summed E-state index contributed by atoms with van der Waals surface area (Å²) < 4.78 is 46.6. The van der Waals surface area contributed by atoms with E-state index in [4.69, 9.17) is 9.72 Å². The Hall–Kier alpha value is -1.26. The quantitative estimate of drug-likeness (QED) is 0.307. The lowest BCUT2D eigenvalue weighted by molar-refractivity contribution is -0.141. The predicted octanol–water partition coefficient (Wildman–Crippen LogP) is 6.93. The van der Waals surface area contributed by atoms with Crippen LogP contribution in [0, 0.1) is 5.41 Å². The van der Waals surface area contributed by atoms with Crippen LogP contribution in [0.2, 0.25) is 0 Å². The van der Waals surface area contributed by atoms with Gasteiger partial charge in [0.2, 0.25) is 0 Å². The molecule has 8 heteroatoms. The molecular formula is C26H30F3IN2O2. The minimum atomic E-state index is -4.49. The van der Waals surface area contributed by atoms with Crippen molar-refractivity contribution in [3.8, 4) is 0 Å². The third-order valence-electron chi connectivity index (χ3n) is 7.56. The average Bonchev–Trinajstić information content (AvgIpc) is 3.27. The second-order valence-corrected chi connectivity index (χ2v) is 12.6. The summed E-state index contributed by atoms with van der Waals surface area (Å²) in [6, 6.07) is 2.50. The number of rotatable bonds is 2. The maximum Gasteiger partial charge on any atom is 0.433 e. The lowest BCUT2D eigenvalue weighted by Crippen LogP contribution is -2.35. The maximum absolute atomic E-state index is 13.2. The summed E-state index contributed by atoms with van der Waals surface area (Å²) in [6.07, 6.45) is -0.168. The molecule has 1 saturated carbocycles. The highest BCUT2D eigenvalue weighted by atomic mass is 127. The lowest BCUT2D eigenvalue weighted by atomic mass is 9.70. The molecule has 3 aliphatic rings. The fourth-order valence-electron chi connectivity index (χ4n) is 6.13. The number of aliphatic hydroxyl groups is 1. The van der Waals surface area contributed by atoms with E-state index in [1.54, 1.807) is 0 Å². The summed E-state index contributed by atoms with van der Waals surface area (Å²) in [5.41, 5.74) is 3.76. The molecule has 3 unspecified atom stereocenters. The molecular weight excluding hydrogens is 556 g/mol. The van der Waals surface area contributed by atoms with Crippen LogP contribution >= 0.6 is 22.6 Å². The van der Waals surface area contributed by atoms with Crippen LogP contribution in [0.1, 0.15) is 111 Å². The van der Waals surface area contributed by atoms with Gasteiger partial charge in [-0.15, -0.1) is 0 Å². The Bertz CT molecular complexity index is 1120. The predicted molar refractivity (Wildman–Crippen MR) is 131 cm³/mol. The Balaban J connectivity index is 1.76. The Labute approximate surface area is 211 Å². The molecule has 1 N–H and O–H groups in total. The minimum absolute atomic E-state index is 0.0648. The molecule has 34 heavy (non-hydrogen) atoms. The zero-order valence-electron chi connectivity index (χ0n) is 19.8. The SMILES string of the molecule is CC(C)c1nc2c(c3c1[C@@H](c1ccc(C(F)(F)F)nc1)OC31CCCC1I)C(O)CC(C)(C)C2. The van der Waals surface area contributed by atoms with Gasteiger partial charge in [-0.3, -0.25) is 9.97 Å². The van der Waals surface area contributed by atoms with E-state index in [9.17, 15) is 18.3 Å². The van der Waals surface area contributed by atoms with Crippen LogP contribution in [0.25, 0.3) is 0 Å². The Morgan fingerprint density at radius 2 is 1.94 bits per heavy atom. The molecule has 3 heterocycles. The Morgan fingerprint density at radius 1 is 1.21 bits per heavy atom. The van der Waals surface area contributed by atoms with Crippen LogP contribution in [-0.4, -0.2) is 19.0 Å². The fourth-order valence-corrected chi connectivity index (χ4v) is 7.34. The first-order chi connectivity index (χ1) is 15.8. The van der Waals surface area contributed by atoms with Gasteiger partial charge < -0.3 is 9.84 Å². The molecule has 184 valence electrons. The number of pyridine rings is 2. The highest BCUT2D eigenvalue weighted by molar-refractivity contribution is 14.1. The number of nitrogens with zero attached hydrogens (tertiary/aromatic N) is 2. The van der Waals surface area contributed by atoms with Crippen molar-refractivity contribution in [1.29, 1.82) is 0 Å². The summed E-state index contributed by atoms with van der Waals surface area (Å²) >= 11 is 2.46. The zero-order chi connectivity index (χ0) is 24.6. The van der Waals surface area contributed by atoms with E-state index in [-0.39, 0.29) is 15.3 Å². The van der Waals surface area contributed by atoms with Crippen molar-refractivity contribution in [2.24, 2.45) is 5.41 Å². The first kappa shape index (κ1) is 24.4. The second kappa shape index (κ2) is 8.13. The number of alkyl halides is 4. The highest BCUT2D eigenvalue weighted by Gasteiger charge is 2.56. The number of fused-ring (bicyclic) bond motifs is 4. The summed E-state index contributed by atoms with van der Waals surface area (Å²) in [5, 5.41) is 11.4. The van der Waals surface area contributed by atoms with Crippen molar-refractivity contribution in [2.75, 3.05) is 0 Å². The van der Waals surface area contributed by atoms with E-state index < -0.39 is 29.7 Å². The van der Waals surface area contributed by atoms with Crippen LogP contribution in [0.3, 0.4) is 0 Å². The molecule has 4 nitrogen and oxygen atoms in total. The summed E-state index contributed by atoms with van der Waals surface area (Å²) in [4.78, 5) is 8.82. The van der Waals surface area contributed by atoms with Gasteiger partial charge >= 0.3 is 6.18 Å². The van der Waals surface area contributed by atoms with Crippen LogP contribution in [-0.2, 0) is 22.9 Å². The van der Waals surface area contributed by atoms with Gasteiger partial charge in [0.05, 0.1) is 6.10 Å². The first-order valence-electron chi connectivity index (χ1n) is 11.9. The van der Waals surface area contributed by atoms with Crippen molar-refractivity contribution in [1.82, 2.24) is 9.97 Å². The van der Waals surface area contributed by atoms with Crippen molar-refractivity contribution in [3.63, 3.8) is 0 Å². The molecule has 1 spiro atoms. The molecule has 1 aliphatic heterocycles. The molecule has 4 atom stereocenters. The smallest absolute Gasteiger partial charge is 0.388 e. The van der Waals surface area contributed by atoms with E-state index in [2.05, 4.69) is 55.3 Å². The standard InChI is InChI=1S/C26H30F3IN2O2/c1-13(2)22-20-21(19-15(32-22)10-24(3,4)11-16(19)33)25(9-5-6-17(25)30)34-23(20)14-7-8-18(31-12-14)26(27,28)29/h7-8,12-13,16-17,23,33H,5-6,9-11H2,1-4H3/t16?,17?,23-,25?/m1/s1. The van der Waals surface area contributed by atoms with E-state index in [0.29, 0.717) is 12.0 Å². The summed E-state index contributed by atoms with van der Waals surface area (Å²) in [7, 11) is 0. The molecule has 0 bridgehead atoms. The van der Waals surface area contributed by atoms with Crippen molar-refractivity contribution in [3.05, 3.63) is 57.7 Å². The van der Waals surface area contributed by atoms with Gasteiger partial charge in [0.1, 0.15) is 17.4 Å². The molecule has 5 rings (SSSR count). The van der Waals surface area contributed by atoms with E-state index in [1.165, 1.54) is 12.3 Å². The van der Waals surface area contributed by atoms with E-state index in [0.717, 1.165) is 59.8 Å².